The molecule has 1 aromatic heterocycles. The minimum absolute atomic E-state index is 0.272. The van der Waals surface area contributed by atoms with Crippen LogP contribution in [0.5, 0.6) is 0 Å². The van der Waals surface area contributed by atoms with Crippen molar-refractivity contribution >= 4 is 5.91 Å². The number of hydrogen-bond acceptors (Lipinski definition) is 2. The lowest BCUT2D eigenvalue weighted by Gasteiger charge is -2.00. The van der Waals surface area contributed by atoms with Crippen LogP contribution in [0.2, 0.25) is 0 Å². The summed E-state index contributed by atoms with van der Waals surface area (Å²) in [5.41, 5.74) is 6.89. The highest BCUT2D eigenvalue weighted by Gasteiger charge is 2.05. The monoisotopic (exact) mass is 167 g/mol. The summed E-state index contributed by atoms with van der Waals surface area (Å²) in [5.74, 6) is -0.315. The third kappa shape index (κ3) is 1.84. The van der Waals surface area contributed by atoms with Gasteiger partial charge in [-0.25, -0.2) is 0 Å². The number of rotatable bonds is 3. The Morgan fingerprint density at radius 3 is 2.92 bits per heavy atom. The van der Waals surface area contributed by atoms with E-state index in [-0.39, 0.29) is 12.3 Å². The van der Waals surface area contributed by atoms with E-state index in [1.54, 1.807) is 4.68 Å². The molecule has 4 nitrogen and oxygen atoms in total. The number of carbonyl (C=O) groups excluding carboxylic acids is 1. The van der Waals surface area contributed by atoms with Gasteiger partial charge in [0.25, 0.3) is 0 Å². The molecule has 0 aliphatic heterocycles. The van der Waals surface area contributed by atoms with Crippen molar-refractivity contribution in [2.24, 2.45) is 5.73 Å². The molecule has 1 amide bonds. The molecule has 1 rings (SSSR count). The Morgan fingerprint density at radius 1 is 1.75 bits per heavy atom. The first kappa shape index (κ1) is 8.77. The number of amides is 1. The van der Waals surface area contributed by atoms with E-state index < -0.39 is 0 Å². The predicted molar refractivity (Wildman–Crippen MR) is 45.5 cm³/mol. The highest BCUT2D eigenvalue weighted by Crippen LogP contribution is 2.03. The molecule has 1 aromatic rings. The zero-order valence-corrected chi connectivity index (χ0v) is 7.37. The van der Waals surface area contributed by atoms with Crippen LogP contribution < -0.4 is 5.73 Å². The second kappa shape index (κ2) is 3.38. The van der Waals surface area contributed by atoms with E-state index in [1.165, 1.54) is 0 Å². The molecular weight excluding hydrogens is 154 g/mol. The minimum Gasteiger partial charge on any atom is -0.369 e. The molecular formula is C8H13N3O. The van der Waals surface area contributed by atoms with Gasteiger partial charge in [-0.1, -0.05) is 0 Å². The maximum atomic E-state index is 10.6. The van der Waals surface area contributed by atoms with Crippen LogP contribution in [0.25, 0.3) is 0 Å². The summed E-state index contributed by atoms with van der Waals surface area (Å²) in [7, 11) is 0. The Labute approximate surface area is 71.4 Å². The lowest BCUT2D eigenvalue weighted by atomic mass is 10.3. The molecule has 0 radical (unpaired) electrons. The van der Waals surface area contributed by atoms with E-state index >= 15 is 0 Å². The largest absolute Gasteiger partial charge is 0.369 e. The van der Waals surface area contributed by atoms with Crippen LogP contribution in [-0.2, 0) is 17.8 Å². The second-order valence-electron chi connectivity index (χ2n) is 2.74. The van der Waals surface area contributed by atoms with Crippen molar-refractivity contribution in [3.63, 3.8) is 0 Å². The molecule has 0 aliphatic carbocycles. The predicted octanol–water partition coefficient (Wildman–Crippen LogP) is 0.239. The minimum atomic E-state index is -0.315. The standard InChI is InChI=1S/C8H13N3O/c1-3-11-7(5-8(9)12)4-6(2)10-11/h4H,3,5H2,1-2H3,(H2,9,12). The Hall–Kier alpha value is -1.32. The molecule has 2 N–H and O–H groups in total. The zero-order chi connectivity index (χ0) is 9.14. The number of nitrogens with zero attached hydrogens (tertiary/aromatic N) is 2. The quantitative estimate of drug-likeness (QED) is 0.701. The van der Waals surface area contributed by atoms with Gasteiger partial charge in [-0.3, -0.25) is 9.48 Å². The first-order chi connectivity index (χ1) is 5.63. The van der Waals surface area contributed by atoms with Crippen LogP contribution in [0.3, 0.4) is 0 Å². The molecule has 0 spiro atoms. The second-order valence-corrected chi connectivity index (χ2v) is 2.74. The molecule has 0 saturated carbocycles. The fourth-order valence-corrected chi connectivity index (χ4v) is 1.19. The Kier molecular flexibility index (Phi) is 2.47. The molecule has 12 heavy (non-hydrogen) atoms. The Morgan fingerprint density at radius 2 is 2.42 bits per heavy atom. The van der Waals surface area contributed by atoms with Crippen LogP contribution in [0.4, 0.5) is 0 Å². The molecule has 0 atom stereocenters. The van der Waals surface area contributed by atoms with Gasteiger partial charge in [0.1, 0.15) is 0 Å². The summed E-state index contributed by atoms with van der Waals surface area (Å²) in [6, 6.07) is 1.88. The molecule has 4 heteroatoms. The highest BCUT2D eigenvalue weighted by molar-refractivity contribution is 5.76. The fourth-order valence-electron chi connectivity index (χ4n) is 1.19. The van der Waals surface area contributed by atoms with Crippen molar-refractivity contribution in [2.45, 2.75) is 26.8 Å². The van der Waals surface area contributed by atoms with Crippen molar-refractivity contribution in [3.05, 3.63) is 17.5 Å². The van der Waals surface area contributed by atoms with Gasteiger partial charge in [-0.05, 0) is 19.9 Å². The van der Waals surface area contributed by atoms with Crippen LogP contribution in [-0.4, -0.2) is 15.7 Å². The van der Waals surface area contributed by atoms with Crippen molar-refractivity contribution in [1.29, 1.82) is 0 Å². The van der Waals surface area contributed by atoms with E-state index in [1.807, 2.05) is 19.9 Å². The third-order valence-corrected chi connectivity index (χ3v) is 1.64. The van der Waals surface area contributed by atoms with Crippen molar-refractivity contribution in [3.8, 4) is 0 Å². The van der Waals surface area contributed by atoms with Crippen LogP contribution >= 0.6 is 0 Å². The maximum absolute atomic E-state index is 10.6. The molecule has 0 aliphatic rings. The number of aryl methyl sites for hydroxylation is 2. The molecule has 0 unspecified atom stereocenters. The van der Waals surface area contributed by atoms with Gasteiger partial charge >= 0.3 is 0 Å². The topological polar surface area (TPSA) is 60.9 Å². The van der Waals surface area contributed by atoms with Crippen molar-refractivity contribution in [2.75, 3.05) is 0 Å². The average molecular weight is 167 g/mol. The van der Waals surface area contributed by atoms with Gasteiger partial charge in [0, 0.05) is 12.2 Å². The van der Waals surface area contributed by atoms with Gasteiger partial charge in [0.05, 0.1) is 12.1 Å². The van der Waals surface area contributed by atoms with E-state index in [4.69, 9.17) is 5.73 Å². The van der Waals surface area contributed by atoms with E-state index in [0.717, 1.165) is 17.9 Å². The first-order valence-electron chi connectivity index (χ1n) is 3.95. The SMILES string of the molecule is CCn1nc(C)cc1CC(N)=O. The van der Waals surface area contributed by atoms with E-state index in [9.17, 15) is 4.79 Å². The van der Waals surface area contributed by atoms with E-state index in [2.05, 4.69) is 5.10 Å². The van der Waals surface area contributed by atoms with E-state index in [0.29, 0.717) is 0 Å². The van der Waals surface area contributed by atoms with Crippen molar-refractivity contribution < 1.29 is 4.79 Å². The molecule has 0 fully saturated rings. The number of primary amides is 1. The lowest BCUT2D eigenvalue weighted by Crippen LogP contribution is -2.16. The van der Waals surface area contributed by atoms with Gasteiger partial charge in [-0.15, -0.1) is 0 Å². The molecule has 66 valence electrons. The first-order valence-corrected chi connectivity index (χ1v) is 3.95. The van der Waals surface area contributed by atoms with Crippen LogP contribution in [0.1, 0.15) is 18.3 Å². The van der Waals surface area contributed by atoms with Crippen LogP contribution in [0, 0.1) is 6.92 Å². The Balaban J connectivity index is 2.89. The molecule has 0 bridgehead atoms. The summed E-state index contributed by atoms with van der Waals surface area (Å²) in [5, 5.41) is 4.19. The summed E-state index contributed by atoms with van der Waals surface area (Å²) >= 11 is 0. The molecule has 1 heterocycles. The summed E-state index contributed by atoms with van der Waals surface area (Å²) in [6.45, 7) is 4.66. The number of hydrogen-bond donors (Lipinski definition) is 1. The molecule has 0 saturated heterocycles. The van der Waals surface area contributed by atoms with Gasteiger partial charge in [0.15, 0.2) is 0 Å². The Bertz CT molecular complexity index is 290. The van der Waals surface area contributed by atoms with Gasteiger partial charge in [0.2, 0.25) is 5.91 Å². The average Bonchev–Trinajstić information content (AvgIpc) is 2.29. The molecule has 0 aromatic carbocycles. The number of carbonyl (C=O) groups is 1. The highest BCUT2D eigenvalue weighted by atomic mass is 16.1. The van der Waals surface area contributed by atoms with Gasteiger partial charge in [-0.2, -0.15) is 5.10 Å². The summed E-state index contributed by atoms with van der Waals surface area (Å²) in [4.78, 5) is 10.6. The maximum Gasteiger partial charge on any atom is 0.223 e. The lowest BCUT2D eigenvalue weighted by molar-refractivity contribution is -0.117. The normalized spacial score (nSPS) is 10.2. The number of nitrogens with two attached hydrogens (primary N) is 1. The van der Waals surface area contributed by atoms with Gasteiger partial charge < -0.3 is 5.73 Å². The van der Waals surface area contributed by atoms with Crippen LogP contribution in [0.15, 0.2) is 6.07 Å². The number of aromatic nitrogens is 2. The third-order valence-electron chi connectivity index (χ3n) is 1.64. The van der Waals surface area contributed by atoms with Crippen molar-refractivity contribution in [1.82, 2.24) is 9.78 Å². The zero-order valence-electron chi connectivity index (χ0n) is 7.37. The fraction of sp³-hybridized carbons (Fsp3) is 0.500. The summed E-state index contributed by atoms with van der Waals surface area (Å²) in [6.07, 6.45) is 0.272. The summed E-state index contributed by atoms with van der Waals surface area (Å²) < 4.78 is 1.79. The smallest absolute Gasteiger partial charge is 0.223 e.